The summed E-state index contributed by atoms with van der Waals surface area (Å²) in [5.74, 6) is 0.374. The number of nitrogens with one attached hydrogen (secondary N) is 1. The number of carbonyl (C=O) groups excluding carboxylic acids is 1. The second kappa shape index (κ2) is 5.40. The van der Waals surface area contributed by atoms with Gasteiger partial charge in [0.2, 0.25) is 5.91 Å². The van der Waals surface area contributed by atoms with Gasteiger partial charge < -0.3 is 10.0 Å². The minimum Gasteiger partial charge on any atom is -0.391 e. The van der Waals surface area contributed by atoms with Crippen LogP contribution in [0.15, 0.2) is 18.2 Å². The lowest BCUT2D eigenvalue weighted by Gasteiger charge is -2.20. The Bertz CT molecular complexity index is 515. The van der Waals surface area contributed by atoms with Crippen molar-refractivity contribution in [1.29, 1.82) is 0 Å². The number of aliphatic hydroxyl groups excluding tert-OH is 1. The van der Waals surface area contributed by atoms with Crippen LogP contribution in [0, 0.1) is 18.8 Å². The van der Waals surface area contributed by atoms with Crippen molar-refractivity contribution < 1.29 is 9.90 Å². The summed E-state index contributed by atoms with van der Waals surface area (Å²) >= 11 is 0. The van der Waals surface area contributed by atoms with E-state index >= 15 is 0 Å². The Morgan fingerprint density at radius 3 is 2.85 bits per heavy atom. The molecule has 0 unspecified atom stereocenters. The lowest BCUT2D eigenvalue weighted by Crippen LogP contribution is -2.34. The number of nitrogens with zero attached hydrogens (tertiary/aromatic N) is 2. The molecule has 20 heavy (non-hydrogen) atoms. The summed E-state index contributed by atoms with van der Waals surface area (Å²) in [6.45, 7) is 3.07. The number of carbonyl (C=O) groups is 1. The molecule has 0 bridgehead atoms. The first-order valence-electron chi connectivity index (χ1n) is 7.26. The van der Waals surface area contributed by atoms with Gasteiger partial charge in [-0.25, -0.2) is 0 Å². The fourth-order valence-corrected chi connectivity index (χ4v) is 3.16. The van der Waals surface area contributed by atoms with Gasteiger partial charge in [0.25, 0.3) is 0 Å². The first-order valence-corrected chi connectivity index (χ1v) is 7.26. The van der Waals surface area contributed by atoms with E-state index in [9.17, 15) is 9.90 Å². The van der Waals surface area contributed by atoms with Gasteiger partial charge in [-0.3, -0.25) is 9.89 Å². The Balaban J connectivity index is 1.60. The molecular weight excluding hydrogens is 254 g/mol. The number of likely N-dealkylation sites (tertiary alicyclic amines) is 1. The summed E-state index contributed by atoms with van der Waals surface area (Å²) < 4.78 is 0. The molecular formula is C15H21N3O2. The van der Waals surface area contributed by atoms with Gasteiger partial charge in [-0.1, -0.05) is 12.2 Å². The van der Waals surface area contributed by atoms with Crippen molar-refractivity contribution in [3.8, 4) is 0 Å². The first kappa shape index (κ1) is 13.4. The van der Waals surface area contributed by atoms with E-state index in [1.165, 1.54) is 0 Å². The fraction of sp³-hybridized carbons (Fsp3) is 0.600. The van der Waals surface area contributed by atoms with Gasteiger partial charge in [0.05, 0.1) is 11.8 Å². The SMILES string of the molecule is Cc1cc(C[C@@H]2CN(C(=O)C3CC=CC3)C[C@H]2O)n[nH]1. The van der Waals surface area contributed by atoms with Crippen molar-refractivity contribution in [1.82, 2.24) is 15.1 Å². The average Bonchev–Trinajstić information content (AvgIpc) is 3.12. The summed E-state index contributed by atoms with van der Waals surface area (Å²) in [4.78, 5) is 14.2. The molecule has 5 heteroatoms. The molecule has 0 spiro atoms. The Kier molecular flexibility index (Phi) is 3.61. The predicted octanol–water partition coefficient (Wildman–Crippen LogP) is 1.05. The van der Waals surface area contributed by atoms with E-state index in [-0.39, 0.29) is 17.7 Å². The number of rotatable bonds is 3. The third kappa shape index (κ3) is 2.63. The lowest BCUT2D eigenvalue weighted by molar-refractivity contribution is -0.134. The van der Waals surface area contributed by atoms with Gasteiger partial charge >= 0.3 is 0 Å². The number of β-amino-alcohol motifs (C(OH)–C–C–N with tert-alkyl or cyclic N) is 1. The van der Waals surface area contributed by atoms with Crippen LogP contribution in [0.4, 0.5) is 0 Å². The zero-order valence-electron chi connectivity index (χ0n) is 11.7. The monoisotopic (exact) mass is 275 g/mol. The van der Waals surface area contributed by atoms with Gasteiger partial charge in [0, 0.05) is 30.6 Å². The lowest BCUT2D eigenvalue weighted by atomic mass is 10.00. The normalized spacial score (nSPS) is 26.6. The molecule has 0 saturated carbocycles. The number of amides is 1. The van der Waals surface area contributed by atoms with Gasteiger partial charge in [-0.05, 0) is 32.3 Å². The number of aromatic nitrogens is 2. The molecule has 1 aliphatic heterocycles. The minimum atomic E-state index is -0.440. The van der Waals surface area contributed by atoms with Crippen LogP contribution in [-0.4, -0.2) is 45.3 Å². The molecule has 1 aliphatic carbocycles. The van der Waals surface area contributed by atoms with Crippen LogP contribution in [0.3, 0.4) is 0 Å². The molecule has 1 aromatic rings. The summed E-state index contributed by atoms with van der Waals surface area (Å²) in [7, 11) is 0. The van der Waals surface area contributed by atoms with Crippen LogP contribution in [-0.2, 0) is 11.2 Å². The third-order valence-electron chi connectivity index (χ3n) is 4.31. The van der Waals surface area contributed by atoms with E-state index in [4.69, 9.17) is 0 Å². The zero-order valence-corrected chi connectivity index (χ0v) is 11.7. The predicted molar refractivity (Wildman–Crippen MR) is 75.0 cm³/mol. The van der Waals surface area contributed by atoms with E-state index < -0.39 is 6.10 Å². The van der Waals surface area contributed by atoms with Crippen molar-refractivity contribution in [2.75, 3.05) is 13.1 Å². The van der Waals surface area contributed by atoms with Crippen molar-refractivity contribution in [2.24, 2.45) is 11.8 Å². The molecule has 2 heterocycles. The number of allylic oxidation sites excluding steroid dienone is 2. The van der Waals surface area contributed by atoms with Gasteiger partial charge in [-0.15, -0.1) is 0 Å². The molecule has 1 aromatic heterocycles. The van der Waals surface area contributed by atoms with Crippen LogP contribution < -0.4 is 0 Å². The first-order chi connectivity index (χ1) is 9.63. The number of aliphatic hydroxyl groups is 1. The molecule has 1 amide bonds. The van der Waals surface area contributed by atoms with E-state index in [0.717, 1.165) is 30.7 Å². The maximum atomic E-state index is 12.3. The fourth-order valence-electron chi connectivity index (χ4n) is 3.16. The highest BCUT2D eigenvalue weighted by Crippen LogP contribution is 2.26. The number of aryl methyl sites for hydroxylation is 1. The minimum absolute atomic E-state index is 0.0913. The quantitative estimate of drug-likeness (QED) is 0.810. The smallest absolute Gasteiger partial charge is 0.226 e. The standard InChI is InChI=1S/C15H21N3O2/c1-10-6-13(17-16-10)7-12-8-18(9-14(12)19)15(20)11-4-2-3-5-11/h2-3,6,11-12,14,19H,4-5,7-9H2,1H3,(H,16,17)/t12-,14-/m1/s1. The van der Waals surface area contributed by atoms with Crippen molar-refractivity contribution in [3.63, 3.8) is 0 Å². The molecule has 2 atom stereocenters. The topological polar surface area (TPSA) is 69.2 Å². The molecule has 3 rings (SSSR count). The van der Waals surface area contributed by atoms with Crippen molar-refractivity contribution in [3.05, 3.63) is 29.6 Å². The van der Waals surface area contributed by atoms with Gasteiger partial charge in [0.15, 0.2) is 0 Å². The van der Waals surface area contributed by atoms with Gasteiger partial charge in [-0.2, -0.15) is 5.10 Å². The molecule has 0 radical (unpaired) electrons. The largest absolute Gasteiger partial charge is 0.391 e. The Labute approximate surface area is 118 Å². The van der Waals surface area contributed by atoms with Crippen molar-refractivity contribution >= 4 is 5.91 Å². The Morgan fingerprint density at radius 1 is 1.45 bits per heavy atom. The summed E-state index contributed by atoms with van der Waals surface area (Å²) in [5.41, 5.74) is 1.99. The molecule has 108 valence electrons. The van der Waals surface area contributed by atoms with E-state index in [1.807, 2.05) is 17.9 Å². The van der Waals surface area contributed by atoms with Gasteiger partial charge in [0.1, 0.15) is 0 Å². The molecule has 0 aromatic carbocycles. The summed E-state index contributed by atoms with van der Waals surface area (Å²) in [5, 5.41) is 17.3. The molecule has 2 aliphatic rings. The second-order valence-corrected chi connectivity index (χ2v) is 5.96. The number of aromatic amines is 1. The van der Waals surface area contributed by atoms with E-state index in [1.54, 1.807) is 0 Å². The number of hydrogen-bond donors (Lipinski definition) is 2. The average molecular weight is 275 g/mol. The molecule has 5 nitrogen and oxygen atoms in total. The highest BCUT2D eigenvalue weighted by Gasteiger charge is 2.36. The summed E-state index contributed by atoms with van der Waals surface area (Å²) in [6, 6.07) is 2.00. The Morgan fingerprint density at radius 2 is 2.20 bits per heavy atom. The zero-order chi connectivity index (χ0) is 14.1. The third-order valence-corrected chi connectivity index (χ3v) is 4.31. The maximum absolute atomic E-state index is 12.3. The highest BCUT2D eigenvalue weighted by molar-refractivity contribution is 5.80. The van der Waals surface area contributed by atoms with E-state index in [0.29, 0.717) is 13.1 Å². The maximum Gasteiger partial charge on any atom is 0.226 e. The van der Waals surface area contributed by atoms with Crippen LogP contribution >= 0.6 is 0 Å². The number of hydrogen-bond acceptors (Lipinski definition) is 3. The molecule has 1 fully saturated rings. The van der Waals surface area contributed by atoms with Crippen LogP contribution in [0.2, 0.25) is 0 Å². The van der Waals surface area contributed by atoms with Crippen LogP contribution in [0.1, 0.15) is 24.2 Å². The second-order valence-electron chi connectivity index (χ2n) is 5.96. The molecule has 1 saturated heterocycles. The Hall–Kier alpha value is -1.62. The van der Waals surface area contributed by atoms with Crippen molar-refractivity contribution in [2.45, 2.75) is 32.3 Å². The molecule has 2 N–H and O–H groups in total. The summed E-state index contributed by atoms with van der Waals surface area (Å²) in [6.07, 6.45) is 6.10. The highest BCUT2D eigenvalue weighted by atomic mass is 16.3. The van der Waals surface area contributed by atoms with E-state index in [2.05, 4.69) is 22.3 Å². The van der Waals surface area contributed by atoms with Crippen LogP contribution in [0.5, 0.6) is 0 Å². The number of H-pyrrole nitrogens is 1. The van der Waals surface area contributed by atoms with Crippen LogP contribution in [0.25, 0.3) is 0 Å².